The van der Waals surface area contributed by atoms with Gasteiger partial charge in [0.1, 0.15) is 0 Å². The van der Waals surface area contributed by atoms with Gasteiger partial charge in [-0.3, -0.25) is 9.79 Å². The van der Waals surface area contributed by atoms with E-state index in [2.05, 4.69) is 37.0 Å². The highest BCUT2D eigenvalue weighted by Crippen LogP contribution is 2.27. The average Bonchev–Trinajstić information content (AvgIpc) is 3.02. The second-order valence-corrected chi connectivity index (χ2v) is 6.41. The van der Waals surface area contributed by atoms with Crippen LogP contribution in [0, 0.1) is 5.92 Å². The number of likely N-dealkylation sites (tertiary alicyclic amines) is 1. The van der Waals surface area contributed by atoms with Crippen LogP contribution in [0.5, 0.6) is 0 Å². The first kappa shape index (κ1) is 17.3. The Hall–Kier alpha value is -2.05. The Labute approximate surface area is 138 Å². The van der Waals surface area contributed by atoms with E-state index in [4.69, 9.17) is 0 Å². The van der Waals surface area contributed by atoms with Crippen molar-refractivity contribution in [3.8, 4) is 0 Å². The third kappa shape index (κ3) is 4.71. The molecule has 1 aliphatic heterocycles. The molecule has 1 fully saturated rings. The minimum atomic E-state index is -0.0160. The normalized spacial score (nSPS) is 22.3. The van der Waals surface area contributed by atoms with Gasteiger partial charge in [-0.2, -0.15) is 0 Å². The van der Waals surface area contributed by atoms with Gasteiger partial charge in [0.15, 0.2) is 5.96 Å². The number of nitrogens with zero attached hydrogens (tertiary/aromatic N) is 4. The predicted octanol–water partition coefficient (Wildman–Crippen LogP) is 0.866. The van der Waals surface area contributed by atoms with Crippen LogP contribution in [0.4, 0.5) is 0 Å². The van der Waals surface area contributed by atoms with Gasteiger partial charge in [0.05, 0.1) is 18.9 Å². The zero-order chi connectivity index (χ0) is 16.8. The predicted molar refractivity (Wildman–Crippen MR) is 91.3 cm³/mol. The Balaban J connectivity index is 1.94. The second-order valence-electron chi connectivity index (χ2n) is 6.41. The lowest BCUT2D eigenvalue weighted by atomic mass is 9.93. The summed E-state index contributed by atoms with van der Waals surface area (Å²) in [5.41, 5.74) is 0. The Morgan fingerprint density at radius 2 is 2.26 bits per heavy atom. The van der Waals surface area contributed by atoms with Gasteiger partial charge in [0, 0.05) is 38.6 Å². The average molecular weight is 320 g/mol. The number of guanidine groups is 1. The molecule has 0 aromatic carbocycles. The Kier molecular flexibility index (Phi) is 6.01. The van der Waals surface area contributed by atoms with Gasteiger partial charge in [-0.1, -0.05) is 6.92 Å². The molecule has 2 atom stereocenters. The Bertz CT molecular complexity index is 525. The first-order valence-electron chi connectivity index (χ1n) is 8.23. The third-order valence-electron chi connectivity index (χ3n) is 4.19. The third-order valence-corrected chi connectivity index (χ3v) is 4.19. The molecular formula is C16H28N6O. The number of carbonyl (C=O) groups is 1. The largest absolute Gasteiger partial charge is 0.352 e. The molecule has 7 heteroatoms. The molecule has 23 heavy (non-hydrogen) atoms. The highest BCUT2D eigenvalue weighted by Gasteiger charge is 2.28. The number of aliphatic imine (C=N–C) groups is 1. The summed E-state index contributed by atoms with van der Waals surface area (Å²) in [6, 6.07) is 0.516. The summed E-state index contributed by atoms with van der Waals surface area (Å²) in [6.07, 6.45) is 6.78. The number of hydrogen-bond donors (Lipinski definition) is 2. The van der Waals surface area contributed by atoms with Crippen LogP contribution >= 0.6 is 0 Å². The number of piperidine rings is 1. The van der Waals surface area contributed by atoms with Crippen LogP contribution in [-0.2, 0) is 4.79 Å². The molecule has 7 nitrogen and oxygen atoms in total. The first-order chi connectivity index (χ1) is 11.0. The highest BCUT2D eigenvalue weighted by atomic mass is 16.2. The SMILES string of the molecule is CN=C(NCC(=O)NC(C)C)N1CCC(C)C(n2ccnc2)C1. The zero-order valence-corrected chi connectivity index (χ0v) is 14.5. The Morgan fingerprint density at radius 1 is 1.48 bits per heavy atom. The van der Waals surface area contributed by atoms with E-state index >= 15 is 0 Å². The number of imidazole rings is 1. The van der Waals surface area contributed by atoms with Crippen molar-refractivity contribution >= 4 is 11.9 Å². The summed E-state index contributed by atoms with van der Waals surface area (Å²) >= 11 is 0. The quantitative estimate of drug-likeness (QED) is 0.637. The molecule has 2 heterocycles. The summed E-state index contributed by atoms with van der Waals surface area (Å²) < 4.78 is 2.16. The van der Waals surface area contributed by atoms with Crippen molar-refractivity contribution in [2.75, 3.05) is 26.7 Å². The van der Waals surface area contributed by atoms with Crippen LogP contribution in [0.1, 0.15) is 33.2 Å². The number of hydrogen-bond acceptors (Lipinski definition) is 3. The maximum atomic E-state index is 11.8. The molecule has 1 aromatic heterocycles. The van der Waals surface area contributed by atoms with Crippen LogP contribution in [0.25, 0.3) is 0 Å². The lowest BCUT2D eigenvalue weighted by Crippen LogP contribution is -2.51. The van der Waals surface area contributed by atoms with E-state index in [1.807, 2.05) is 32.6 Å². The van der Waals surface area contributed by atoms with E-state index in [1.54, 1.807) is 7.05 Å². The van der Waals surface area contributed by atoms with Crippen LogP contribution in [0.15, 0.2) is 23.7 Å². The zero-order valence-electron chi connectivity index (χ0n) is 14.5. The molecule has 0 aliphatic carbocycles. The maximum absolute atomic E-state index is 11.8. The number of carbonyl (C=O) groups excluding carboxylic acids is 1. The summed E-state index contributed by atoms with van der Waals surface area (Å²) in [7, 11) is 1.76. The van der Waals surface area contributed by atoms with Crippen molar-refractivity contribution < 1.29 is 4.79 Å². The number of rotatable bonds is 4. The van der Waals surface area contributed by atoms with Crippen molar-refractivity contribution in [2.24, 2.45) is 10.9 Å². The summed E-state index contributed by atoms with van der Waals surface area (Å²) in [5.74, 6) is 1.35. The Morgan fingerprint density at radius 3 is 2.87 bits per heavy atom. The van der Waals surface area contributed by atoms with Crippen LogP contribution in [0.3, 0.4) is 0 Å². The molecule has 0 bridgehead atoms. The molecule has 1 aromatic rings. The molecule has 128 valence electrons. The molecule has 0 radical (unpaired) electrons. The van der Waals surface area contributed by atoms with Crippen molar-refractivity contribution in [3.63, 3.8) is 0 Å². The topological polar surface area (TPSA) is 74.6 Å². The van der Waals surface area contributed by atoms with Crippen LogP contribution < -0.4 is 10.6 Å². The summed E-state index contributed by atoms with van der Waals surface area (Å²) in [4.78, 5) is 22.5. The minimum absolute atomic E-state index is 0.0160. The number of nitrogens with one attached hydrogen (secondary N) is 2. The fourth-order valence-electron chi connectivity index (χ4n) is 2.96. The van der Waals surface area contributed by atoms with Crippen molar-refractivity contribution in [3.05, 3.63) is 18.7 Å². The summed E-state index contributed by atoms with van der Waals surface area (Å²) in [6.45, 7) is 8.23. The minimum Gasteiger partial charge on any atom is -0.352 e. The first-order valence-corrected chi connectivity index (χ1v) is 8.23. The van der Waals surface area contributed by atoms with Crippen molar-refractivity contribution in [1.29, 1.82) is 0 Å². The monoisotopic (exact) mass is 320 g/mol. The van der Waals surface area contributed by atoms with Gasteiger partial charge in [0.25, 0.3) is 0 Å². The summed E-state index contributed by atoms with van der Waals surface area (Å²) in [5, 5.41) is 6.04. The lowest BCUT2D eigenvalue weighted by Gasteiger charge is -2.39. The maximum Gasteiger partial charge on any atom is 0.239 e. The van der Waals surface area contributed by atoms with Crippen LogP contribution in [-0.4, -0.2) is 59.0 Å². The van der Waals surface area contributed by atoms with Crippen molar-refractivity contribution in [2.45, 2.75) is 39.3 Å². The smallest absolute Gasteiger partial charge is 0.239 e. The molecular weight excluding hydrogens is 292 g/mol. The fourth-order valence-corrected chi connectivity index (χ4v) is 2.96. The van der Waals surface area contributed by atoms with E-state index < -0.39 is 0 Å². The van der Waals surface area contributed by atoms with Crippen LogP contribution in [0.2, 0.25) is 0 Å². The van der Waals surface area contributed by atoms with E-state index in [1.165, 1.54) is 0 Å². The van der Waals surface area contributed by atoms with Gasteiger partial charge >= 0.3 is 0 Å². The number of aromatic nitrogens is 2. The molecule has 0 saturated carbocycles. The van der Waals surface area contributed by atoms with Gasteiger partial charge < -0.3 is 20.1 Å². The van der Waals surface area contributed by atoms with Gasteiger partial charge in [0.2, 0.25) is 5.91 Å². The fraction of sp³-hybridized carbons (Fsp3) is 0.688. The lowest BCUT2D eigenvalue weighted by molar-refractivity contribution is -0.120. The van der Waals surface area contributed by atoms with Gasteiger partial charge in [-0.15, -0.1) is 0 Å². The van der Waals surface area contributed by atoms with Gasteiger partial charge in [-0.05, 0) is 26.2 Å². The van der Waals surface area contributed by atoms with E-state index in [0.717, 1.165) is 25.5 Å². The molecule has 2 unspecified atom stereocenters. The second kappa shape index (κ2) is 7.99. The van der Waals surface area contributed by atoms with E-state index in [0.29, 0.717) is 12.0 Å². The highest BCUT2D eigenvalue weighted by molar-refractivity contribution is 5.86. The molecule has 0 spiro atoms. The molecule has 1 amide bonds. The molecule has 1 aliphatic rings. The molecule has 2 rings (SSSR count). The number of amides is 1. The van der Waals surface area contributed by atoms with E-state index in [9.17, 15) is 4.79 Å². The van der Waals surface area contributed by atoms with Crippen molar-refractivity contribution in [1.82, 2.24) is 25.1 Å². The van der Waals surface area contributed by atoms with E-state index in [-0.39, 0.29) is 18.5 Å². The molecule has 1 saturated heterocycles. The molecule has 2 N–H and O–H groups in total. The standard InChI is InChI=1S/C16H28N6O/c1-12(2)20-15(23)9-19-16(17-4)21-7-5-13(3)14(10-21)22-8-6-18-11-22/h6,8,11-14H,5,7,9-10H2,1-4H3,(H,17,19)(H,20,23). The van der Waals surface area contributed by atoms with Gasteiger partial charge in [-0.25, -0.2) is 4.98 Å².